The molecular weight excluding hydrogens is 344 g/mol. The maximum absolute atomic E-state index is 12.6. The second-order valence-corrected chi connectivity index (χ2v) is 7.39. The van der Waals surface area contributed by atoms with Crippen LogP contribution in [0, 0.1) is 0 Å². The third-order valence-electron chi connectivity index (χ3n) is 4.00. The van der Waals surface area contributed by atoms with Crippen molar-refractivity contribution in [2.24, 2.45) is 0 Å². The summed E-state index contributed by atoms with van der Waals surface area (Å²) in [6.45, 7) is 2.00. The van der Waals surface area contributed by atoms with Crippen LogP contribution >= 0.6 is 0 Å². The molecule has 2 aromatic rings. The van der Waals surface area contributed by atoms with Crippen molar-refractivity contribution < 1.29 is 23.1 Å². The lowest BCUT2D eigenvalue weighted by molar-refractivity contribution is -0.116. The second kappa shape index (κ2) is 6.21. The highest BCUT2D eigenvalue weighted by atomic mass is 32.2. The van der Waals surface area contributed by atoms with Crippen LogP contribution in [0.15, 0.2) is 47.4 Å². The molecule has 1 heterocycles. The van der Waals surface area contributed by atoms with E-state index in [9.17, 15) is 18.0 Å². The average molecular weight is 360 g/mol. The van der Waals surface area contributed by atoms with Gasteiger partial charge >= 0.3 is 5.97 Å². The standard InChI is InChI=1S/C17H16N2O5S/c1-11(20)19-8-7-12-10-15(5-6-16(12)19)25(23,24)18-14-4-2-3-13(9-14)17(21)22/h2-6,9-10,18H,7-8H2,1H3,(H,21,22). The highest BCUT2D eigenvalue weighted by molar-refractivity contribution is 7.92. The van der Waals surface area contributed by atoms with E-state index in [0.29, 0.717) is 13.0 Å². The van der Waals surface area contributed by atoms with Crippen molar-refractivity contribution in [2.75, 3.05) is 16.2 Å². The van der Waals surface area contributed by atoms with Crippen LogP contribution in [0.2, 0.25) is 0 Å². The van der Waals surface area contributed by atoms with E-state index >= 15 is 0 Å². The van der Waals surface area contributed by atoms with Crippen LogP contribution in [0.1, 0.15) is 22.8 Å². The van der Waals surface area contributed by atoms with Gasteiger partial charge in [0.25, 0.3) is 10.0 Å². The maximum Gasteiger partial charge on any atom is 0.335 e. The molecule has 0 unspecified atom stereocenters. The number of carbonyl (C=O) groups is 2. The van der Waals surface area contributed by atoms with E-state index in [1.165, 1.54) is 37.3 Å². The molecule has 0 atom stereocenters. The number of hydrogen-bond donors (Lipinski definition) is 2. The molecule has 0 radical (unpaired) electrons. The smallest absolute Gasteiger partial charge is 0.335 e. The lowest BCUT2D eigenvalue weighted by Crippen LogP contribution is -2.25. The molecule has 0 aliphatic carbocycles. The average Bonchev–Trinajstić information content (AvgIpc) is 2.98. The minimum absolute atomic E-state index is 0.00810. The number of amides is 1. The maximum atomic E-state index is 12.6. The van der Waals surface area contributed by atoms with Gasteiger partial charge in [-0.15, -0.1) is 0 Å². The van der Waals surface area contributed by atoms with Gasteiger partial charge in [-0.25, -0.2) is 13.2 Å². The molecule has 0 aromatic heterocycles. The first kappa shape index (κ1) is 17.0. The van der Waals surface area contributed by atoms with Crippen molar-refractivity contribution in [3.05, 3.63) is 53.6 Å². The Kier molecular flexibility index (Phi) is 4.22. The van der Waals surface area contributed by atoms with Crippen molar-refractivity contribution in [1.82, 2.24) is 0 Å². The van der Waals surface area contributed by atoms with Crippen molar-refractivity contribution in [3.8, 4) is 0 Å². The van der Waals surface area contributed by atoms with Crippen LogP contribution in [0.4, 0.5) is 11.4 Å². The van der Waals surface area contributed by atoms with Gasteiger partial charge in [0, 0.05) is 24.8 Å². The van der Waals surface area contributed by atoms with E-state index < -0.39 is 16.0 Å². The zero-order chi connectivity index (χ0) is 18.2. The Hall–Kier alpha value is -2.87. The Morgan fingerprint density at radius 3 is 2.60 bits per heavy atom. The lowest BCUT2D eigenvalue weighted by atomic mass is 10.2. The van der Waals surface area contributed by atoms with E-state index in [1.807, 2.05) is 0 Å². The van der Waals surface area contributed by atoms with Gasteiger partial charge < -0.3 is 10.0 Å². The van der Waals surface area contributed by atoms with Crippen LogP contribution in [0.5, 0.6) is 0 Å². The summed E-state index contributed by atoms with van der Waals surface area (Å²) >= 11 is 0. The normalized spacial score (nSPS) is 13.4. The number of hydrogen-bond acceptors (Lipinski definition) is 4. The summed E-state index contributed by atoms with van der Waals surface area (Å²) in [6.07, 6.45) is 0.590. The molecule has 1 amide bonds. The Morgan fingerprint density at radius 2 is 1.92 bits per heavy atom. The number of carbonyl (C=O) groups excluding carboxylic acids is 1. The van der Waals surface area contributed by atoms with Crippen molar-refractivity contribution >= 4 is 33.3 Å². The number of carboxylic acid groups (broad SMARTS) is 1. The van der Waals surface area contributed by atoms with Crippen LogP contribution in [0.3, 0.4) is 0 Å². The van der Waals surface area contributed by atoms with Gasteiger partial charge in [0.05, 0.1) is 10.5 Å². The van der Waals surface area contributed by atoms with Gasteiger partial charge in [0.15, 0.2) is 0 Å². The number of carboxylic acids is 1. The predicted molar refractivity (Wildman–Crippen MR) is 92.4 cm³/mol. The first-order chi connectivity index (χ1) is 11.8. The minimum Gasteiger partial charge on any atom is -0.478 e. The molecule has 25 heavy (non-hydrogen) atoms. The van der Waals surface area contributed by atoms with E-state index in [1.54, 1.807) is 17.0 Å². The lowest BCUT2D eigenvalue weighted by Gasteiger charge is -2.15. The van der Waals surface area contributed by atoms with E-state index in [4.69, 9.17) is 5.11 Å². The third kappa shape index (κ3) is 3.34. The van der Waals surface area contributed by atoms with E-state index in [2.05, 4.69) is 4.72 Å². The number of benzene rings is 2. The van der Waals surface area contributed by atoms with Gasteiger partial charge in [-0.1, -0.05) is 6.07 Å². The SMILES string of the molecule is CC(=O)N1CCc2cc(S(=O)(=O)Nc3cccc(C(=O)O)c3)ccc21. The predicted octanol–water partition coefficient (Wildman–Crippen LogP) is 2.09. The van der Waals surface area contributed by atoms with Crippen molar-refractivity contribution in [3.63, 3.8) is 0 Å². The third-order valence-corrected chi connectivity index (χ3v) is 5.38. The van der Waals surface area contributed by atoms with Crippen LogP contribution in [-0.4, -0.2) is 31.9 Å². The second-order valence-electron chi connectivity index (χ2n) is 5.70. The van der Waals surface area contributed by atoms with Gasteiger partial charge in [-0.3, -0.25) is 9.52 Å². The number of anilines is 2. The molecule has 2 N–H and O–H groups in total. The molecule has 0 spiro atoms. The number of nitrogens with zero attached hydrogens (tertiary/aromatic N) is 1. The molecule has 1 aliphatic heterocycles. The molecule has 0 saturated carbocycles. The molecule has 0 fully saturated rings. The zero-order valence-electron chi connectivity index (χ0n) is 13.4. The highest BCUT2D eigenvalue weighted by Gasteiger charge is 2.24. The molecule has 7 nitrogen and oxygen atoms in total. The number of rotatable bonds is 4. The van der Waals surface area contributed by atoms with Crippen molar-refractivity contribution in [2.45, 2.75) is 18.2 Å². The number of nitrogens with one attached hydrogen (secondary N) is 1. The molecular formula is C17H16N2O5S. The fourth-order valence-electron chi connectivity index (χ4n) is 2.80. The highest BCUT2D eigenvalue weighted by Crippen LogP contribution is 2.30. The molecule has 2 aromatic carbocycles. The fourth-order valence-corrected chi connectivity index (χ4v) is 3.90. The summed E-state index contributed by atoms with van der Waals surface area (Å²) in [5.41, 5.74) is 1.67. The Morgan fingerprint density at radius 1 is 1.16 bits per heavy atom. The molecule has 0 saturated heterocycles. The topological polar surface area (TPSA) is 104 Å². The van der Waals surface area contributed by atoms with Gasteiger partial charge in [-0.05, 0) is 48.4 Å². The van der Waals surface area contributed by atoms with E-state index in [0.717, 1.165) is 11.3 Å². The molecule has 1 aliphatic rings. The number of sulfonamides is 1. The summed E-state index contributed by atoms with van der Waals surface area (Å²) in [6, 6.07) is 10.2. The van der Waals surface area contributed by atoms with Crippen LogP contribution in [-0.2, 0) is 21.2 Å². The Labute approximate surface area is 144 Å². The Balaban J connectivity index is 1.90. The zero-order valence-corrected chi connectivity index (χ0v) is 14.2. The molecule has 0 bridgehead atoms. The van der Waals surface area contributed by atoms with Gasteiger partial charge in [0.2, 0.25) is 5.91 Å². The van der Waals surface area contributed by atoms with Gasteiger partial charge in [-0.2, -0.15) is 0 Å². The fraction of sp³-hybridized carbons (Fsp3) is 0.176. The van der Waals surface area contributed by atoms with E-state index in [-0.39, 0.29) is 22.1 Å². The van der Waals surface area contributed by atoms with Crippen LogP contribution in [0.25, 0.3) is 0 Å². The number of aromatic carboxylic acids is 1. The van der Waals surface area contributed by atoms with Crippen molar-refractivity contribution in [1.29, 1.82) is 0 Å². The quantitative estimate of drug-likeness (QED) is 0.869. The summed E-state index contributed by atoms with van der Waals surface area (Å²) in [5.74, 6) is -1.22. The summed E-state index contributed by atoms with van der Waals surface area (Å²) < 4.78 is 27.5. The largest absolute Gasteiger partial charge is 0.478 e. The first-order valence-electron chi connectivity index (χ1n) is 7.55. The molecule has 130 valence electrons. The molecule has 8 heteroatoms. The summed E-state index contributed by atoms with van der Waals surface area (Å²) in [7, 11) is -3.86. The minimum atomic E-state index is -3.86. The Bertz CT molecular complexity index is 969. The van der Waals surface area contributed by atoms with Gasteiger partial charge in [0.1, 0.15) is 0 Å². The first-order valence-corrected chi connectivity index (χ1v) is 9.03. The molecule has 3 rings (SSSR count). The summed E-state index contributed by atoms with van der Waals surface area (Å²) in [5, 5.41) is 8.99. The number of fused-ring (bicyclic) bond motifs is 1. The summed E-state index contributed by atoms with van der Waals surface area (Å²) in [4.78, 5) is 24.2. The van der Waals surface area contributed by atoms with Crippen LogP contribution < -0.4 is 9.62 Å². The monoisotopic (exact) mass is 360 g/mol.